The number of nitrogens with zero attached hydrogens (tertiary/aromatic N) is 2. The largest absolute Gasteiger partial charge is 0.363 e. The van der Waals surface area contributed by atoms with Crippen molar-refractivity contribution in [1.82, 2.24) is 9.46 Å². The van der Waals surface area contributed by atoms with E-state index in [1.807, 2.05) is 37.3 Å². The average molecular weight is 426 g/mol. The number of carbonyl (C=O) groups is 1. The van der Waals surface area contributed by atoms with Crippen molar-refractivity contribution in [2.24, 2.45) is 0 Å². The monoisotopic (exact) mass is 425 g/mol. The summed E-state index contributed by atoms with van der Waals surface area (Å²) in [4.78, 5) is 12.3. The molecule has 3 aromatic rings. The lowest BCUT2D eigenvalue weighted by atomic mass is 10.0. The van der Waals surface area contributed by atoms with E-state index in [9.17, 15) is 13.2 Å². The Balaban J connectivity index is 1.50. The number of hydrogen-bond donors (Lipinski definition) is 1. The van der Waals surface area contributed by atoms with E-state index in [1.165, 1.54) is 6.26 Å². The highest BCUT2D eigenvalue weighted by atomic mass is 32.2. The van der Waals surface area contributed by atoms with Gasteiger partial charge < -0.3 is 9.84 Å². The smallest absolute Gasteiger partial charge is 0.256 e. The zero-order chi connectivity index (χ0) is 21.1. The van der Waals surface area contributed by atoms with Gasteiger partial charge in [-0.05, 0) is 43.0 Å². The van der Waals surface area contributed by atoms with Crippen molar-refractivity contribution >= 4 is 21.7 Å². The summed E-state index contributed by atoms with van der Waals surface area (Å²) in [7, 11) is -3.49. The Bertz CT molecular complexity index is 1100. The first-order chi connectivity index (χ1) is 14.4. The van der Waals surface area contributed by atoms with Crippen LogP contribution in [0.3, 0.4) is 0 Å². The molecule has 0 radical (unpaired) electrons. The summed E-state index contributed by atoms with van der Waals surface area (Å²) in [5.74, 6) is 0.0304. The van der Waals surface area contributed by atoms with E-state index >= 15 is 0 Å². The number of amides is 1. The molecule has 1 saturated heterocycles. The molecule has 156 valence electrons. The molecule has 0 spiro atoms. The van der Waals surface area contributed by atoms with Crippen molar-refractivity contribution in [3.63, 3.8) is 0 Å². The maximum atomic E-state index is 13.3. The minimum atomic E-state index is -3.49. The number of hydrogen-bond acceptors (Lipinski definition) is 5. The Morgan fingerprint density at radius 3 is 2.50 bits per heavy atom. The molecule has 0 bridgehead atoms. The number of aromatic nitrogens is 1. The highest BCUT2D eigenvalue weighted by molar-refractivity contribution is 7.89. The quantitative estimate of drug-likeness (QED) is 0.667. The molecule has 1 N–H and O–H groups in total. The van der Waals surface area contributed by atoms with Crippen LogP contribution in [-0.4, -0.2) is 29.8 Å². The summed E-state index contributed by atoms with van der Waals surface area (Å²) >= 11 is 0. The van der Waals surface area contributed by atoms with Crippen molar-refractivity contribution in [2.75, 3.05) is 5.32 Å². The van der Waals surface area contributed by atoms with Gasteiger partial charge in [0.15, 0.2) is 5.82 Å². The van der Waals surface area contributed by atoms with Crippen LogP contribution in [0.2, 0.25) is 0 Å². The van der Waals surface area contributed by atoms with Crippen LogP contribution in [0.25, 0.3) is 0 Å². The van der Waals surface area contributed by atoms with Gasteiger partial charge >= 0.3 is 0 Å². The maximum Gasteiger partial charge on any atom is 0.256 e. The van der Waals surface area contributed by atoms with E-state index in [1.54, 1.807) is 34.6 Å². The Morgan fingerprint density at radius 1 is 1.10 bits per heavy atom. The Morgan fingerprint density at radius 2 is 1.83 bits per heavy atom. The van der Waals surface area contributed by atoms with E-state index in [0.717, 1.165) is 17.5 Å². The van der Waals surface area contributed by atoms with Gasteiger partial charge in [-0.15, -0.1) is 0 Å². The van der Waals surface area contributed by atoms with Crippen molar-refractivity contribution < 1.29 is 17.7 Å². The van der Waals surface area contributed by atoms with Crippen LogP contribution < -0.4 is 5.32 Å². The summed E-state index contributed by atoms with van der Waals surface area (Å²) in [6.07, 6.45) is 2.80. The standard InChI is InChI=1S/C22H23N3O4S/c1-16-7-12-20(18-5-3-2-4-6-18)30(27,28)25(16)15-17-8-10-19(11-9-17)22(26)23-21-13-14-29-24-21/h2-6,8-11,13-14,16,20H,7,12,15H2,1H3,(H,23,24,26). The molecule has 1 aliphatic rings. The van der Waals surface area contributed by atoms with Crippen LogP contribution in [0, 0.1) is 0 Å². The molecule has 1 aromatic heterocycles. The normalized spacial score (nSPS) is 21.2. The summed E-state index contributed by atoms with van der Waals surface area (Å²) in [6.45, 7) is 2.22. The molecule has 8 heteroatoms. The van der Waals surface area contributed by atoms with Gasteiger partial charge in [0.2, 0.25) is 10.0 Å². The van der Waals surface area contributed by atoms with E-state index in [4.69, 9.17) is 4.52 Å². The third-order valence-corrected chi connectivity index (χ3v) is 7.80. The highest BCUT2D eigenvalue weighted by Gasteiger charge is 2.40. The van der Waals surface area contributed by atoms with Crippen LogP contribution in [0.1, 0.15) is 46.5 Å². The second-order valence-corrected chi connectivity index (χ2v) is 9.52. The molecule has 0 aliphatic carbocycles. The van der Waals surface area contributed by atoms with E-state index in [0.29, 0.717) is 17.8 Å². The Hall–Kier alpha value is -2.97. The molecule has 7 nitrogen and oxygen atoms in total. The zero-order valence-electron chi connectivity index (χ0n) is 16.6. The summed E-state index contributed by atoms with van der Waals surface area (Å²) in [5, 5.41) is 5.76. The highest BCUT2D eigenvalue weighted by Crippen LogP contribution is 2.38. The first-order valence-corrected chi connectivity index (χ1v) is 11.3. The number of nitrogens with one attached hydrogen (secondary N) is 1. The van der Waals surface area contributed by atoms with E-state index in [-0.39, 0.29) is 18.5 Å². The second-order valence-electron chi connectivity index (χ2n) is 7.45. The minimum absolute atomic E-state index is 0.0786. The van der Waals surface area contributed by atoms with E-state index < -0.39 is 15.3 Å². The number of carbonyl (C=O) groups excluding carboxylic acids is 1. The van der Waals surface area contributed by atoms with E-state index in [2.05, 4.69) is 10.5 Å². The molecule has 1 amide bonds. The molecular weight excluding hydrogens is 402 g/mol. The minimum Gasteiger partial charge on any atom is -0.363 e. The second kappa shape index (κ2) is 8.41. The number of benzene rings is 2. The van der Waals surface area contributed by atoms with Crippen LogP contribution in [-0.2, 0) is 16.6 Å². The predicted octanol–water partition coefficient (Wildman–Crippen LogP) is 3.98. The van der Waals surface area contributed by atoms with Gasteiger partial charge in [-0.3, -0.25) is 4.79 Å². The average Bonchev–Trinajstić information content (AvgIpc) is 3.25. The molecule has 2 unspecified atom stereocenters. The van der Waals surface area contributed by atoms with Gasteiger partial charge in [-0.25, -0.2) is 8.42 Å². The van der Waals surface area contributed by atoms with Gasteiger partial charge in [-0.2, -0.15) is 4.31 Å². The van der Waals surface area contributed by atoms with Crippen molar-refractivity contribution in [2.45, 2.75) is 37.6 Å². The van der Waals surface area contributed by atoms with Crippen LogP contribution in [0.15, 0.2) is 71.4 Å². The lowest BCUT2D eigenvalue weighted by Gasteiger charge is -2.37. The molecule has 2 aromatic carbocycles. The van der Waals surface area contributed by atoms with Crippen molar-refractivity contribution in [3.05, 3.63) is 83.6 Å². The number of rotatable bonds is 5. The Labute approximate surface area is 175 Å². The molecule has 1 aliphatic heterocycles. The molecule has 4 rings (SSSR count). The molecule has 2 atom stereocenters. The summed E-state index contributed by atoms with van der Waals surface area (Å²) < 4.78 is 32.9. The zero-order valence-corrected chi connectivity index (χ0v) is 17.4. The maximum absolute atomic E-state index is 13.3. The lowest BCUT2D eigenvalue weighted by Crippen LogP contribution is -2.44. The molecule has 30 heavy (non-hydrogen) atoms. The predicted molar refractivity (Wildman–Crippen MR) is 113 cm³/mol. The number of anilines is 1. The molecule has 0 saturated carbocycles. The fourth-order valence-electron chi connectivity index (χ4n) is 3.76. The van der Waals surface area contributed by atoms with Gasteiger partial charge in [0.05, 0.1) is 0 Å². The fourth-order valence-corrected chi connectivity index (χ4v) is 5.96. The van der Waals surface area contributed by atoms with Gasteiger partial charge in [-0.1, -0.05) is 47.6 Å². The van der Waals surface area contributed by atoms with Gasteiger partial charge in [0.25, 0.3) is 5.91 Å². The van der Waals surface area contributed by atoms with Crippen LogP contribution >= 0.6 is 0 Å². The molecular formula is C22H23N3O4S. The fraction of sp³-hybridized carbons (Fsp3) is 0.273. The van der Waals surface area contributed by atoms with Gasteiger partial charge in [0.1, 0.15) is 11.5 Å². The first-order valence-electron chi connectivity index (χ1n) is 9.81. The lowest BCUT2D eigenvalue weighted by molar-refractivity contribution is 0.102. The molecule has 1 fully saturated rings. The van der Waals surface area contributed by atoms with Gasteiger partial charge in [0, 0.05) is 24.2 Å². The summed E-state index contributed by atoms with van der Waals surface area (Å²) in [6, 6.07) is 17.8. The van der Waals surface area contributed by atoms with Crippen LogP contribution in [0.4, 0.5) is 5.82 Å². The Kier molecular flexibility index (Phi) is 5.69. The first kappa shape index (κ1) is 20.3. The summed E-state index contributed by atoms with van der Waals surface area (Å²) in [5.41, 5.74) is 2.12. The number of sulfonamides is 1. The third-order valence-electron chi connectivity index (χ3n) is 5.43. The van der Waals surface area contributed by atoms with Crippen molar-refractivity contribution in [3.8, 4) is 0 Å². The van der Waals surface area contributed by atoms with Crippen LogP contribution in [0.5, 0.6) is 0 Å². The van der Waals surface area contributed by atoms with Crippen molar-refractivity contribution in [1.29, 1.82) is 0 Å². The molecule has 2 heterocycles. The SMILES string of the molecule is CC1CCC(c2ccccc2)S(=O)(=O)N1Cc1ccc(C(=O)Nc2ccon2)cc1. The third kappa shape index (κ3) is 4.15. The topological polar surface area (TPSA) is 92.5 Å².